The number of para-hydroxylation sites is 2. The van der Waals surface area contributed by atoms with Crippen molar-refractivity contribution in [1.29, 1.82) is 0 Å². The van der Waals surface area contributed by atoms with Gasteiger partial charge in [0.05, 0.1) is 17.2 Å². The fourth-order valence-electron chi connectivity index (χ4n) is 1.81. The zero-order valence-corrected chi connectivity index (χ0v) is 10.8. The van der Waals surface area contributed by atoms with Gasteiger partial charge < -0.3 is 0 Å². The van der Waals surface area contributed by atoms with Crippen LogP contribution in [0.2, 0.25) is 0 Å². The molecule has 2 aromatic rings. The van der Waals surface area contributed by atoms with Crippen molar-refractivity contribution in [2.24, 2.45) is 0 Å². The number of unbranched alkanes of at least 4 members (excludes halogenated alkanes) is 4. The van der Waals surface area contributed by atoms with E-state index in [1.165, 1.54) is 25.7 Å². The van der Waals surface area contributed by atoms with Gasteiger partial charge in [0, 0.05) is 6.42 Å². The zero-order chi connectivity index (χ0) is 12.6. The number of rotatable bonds is 4. The summed E-state index contributed by atoms with van der Waals surface area (Å²) in [6.45, 7) is 2.22. The Morgan fingerprint density at radius 2 is 1.89 bits per heavy atom. The average Bonchev–Trinajstić information content (AvgIpc) is 2.42. The number of benzene rings is 1. The van der Waals surface area contributed by atoms with E-state index in [9.17, 15) is 0 Å². The number of hydrogen-bond donors (Lipinski definition) is 0. The fourth-order valence-corrected chi connectivity index (χ4v) is 1.81. The van der Waals surface area contributed by atoms with Crippen LogP contribution in [0, 0.1) is 11.8 Å². The third-order valence-electron chi connectivity index (χ3n) is 2.82. The van der Waals surface area contributed by atoms with Crippen LogP contribution in [0.1, 0.15) is 44.7 Å². The Morgan fingerprint density at radius 3 is 2.72 bits per heavy atom. The van der Waals surface area contributed by atoms with Crippen LogP contribution in [0.25, 0.3) is 11.0 Å². The molecular weight excluding hydrogens is 220 g/mol. The molecule has 2 nitrogen and oxygen atoms in total. The lowest BCUT2D eigenvalue weighted by atomic mass is 10.1. The lowest BCUT2D eigenvalue weighted by Crippen LogP contribution is -1.87. The monoisotopic (exact) mass is 238 g/mol. The third kappa shape index (κ3) is 3.56. The average molecular weight is 238 g/mol. The molecule has 0 amide bonds. The van der Waals surface area contributed by atoms with Crippen LogP contribution >= 0.6 is 0 Å². The van der Waals surface area contributed by atoms with Crippen LogP contribution in [0.3, 0.4) is 0 Å². The first-order valence-corrected chi connectivity index (χ1v) is 6.61. The maximum absolute atomic E-state index is 4.47. The molecule has 0 aliphatic heterocycles. The minimum absolute atomic E-state index is 0.768. The molecule has 1 aromatic carbocycles. The summed E-state index contributed by atoms with van der Waals surface area (Å²) >= 11 is 0. The van der Waals surface area contributed by atoms with Gasteiger partial charge in [0.25, 0.3) is 0 Å². The largest absolute Gasteiger partial charge is 0.252 e. The maximum Gasteiger partial charge on any atom is 0.132 e. The first-order valence-electron chi connectivity index (χ1n) is 6.61. The molecule has 0 atom stereocenters. The van der Waals surface area contributed by atoms with Gasteiger partial charge in [0.2, 0.25) is 0 Å². The first kappa shape index (κ1) is 12.6. The summed E-state index contributed by atoms with van der Waals surface area (Å²) in [5.41, 5.74) is 2.60. The molecule has 1 aromatic heterocycles. The zero-order valence-electron chi connectivity index (χ0n) is 10.8. The smallest absolute Gasteiger partial charge is 0.132 e. The predicted molar refractivity (Wildman–Crippen MR) is 75.2 cm³/mol. The van der Waals surface area contributed by atoms with E-state index in [-0.39, 0.29) is 0 Å². The second kappa shape index (κ2) is 6.76. The quantitative estimate of drug-likeness (QED) is 0.595. The second-order valence-electron chi connectivity index (χ2n) is 4.36. The molecule has 0 aliphatic rings. The molecule has 0 saturated carbocycles. The van der Waals surface area contributed by atoms with Crippen molar-refractivity contribution in [3.05, 3.63) is 36.2 Å². The Hall–Kier alpha value is -1.88. The van der Waals surface area contributed by atoms with Crippen LogP contribution in [-0.4, -0.2) is 9.97 Å². The van der Waals surface area contributed by atoms with E-state index in [0.29, 0.717) is 0 Å². The van der Waals surface area contributed by atoms with Crippen LogP contribution < -0.4 is 0 Å². The number of hydrogen-bond acceptors (Lipinski definition) is 2. The van der Waals surface area contributed by atoms with Crippen molar-refractivity contribution >= 4 is 11.0 Å². The third-order valence-corrected chi connectivity index (χ3v) is 2.82. The lowest BCUT2D eigenvalue weighted by molar-refractivity contribution is 0.679. The maximum atomic E-state index is 4.47. The molecule has 0 unspecified atom stereocenters. The van der Waals surface area contributed by atoms with Gasteiger partial charge in [0.15, 0.2) is 0 Å². The molecule has 0 radical (unpaired) electrons. The molecule has 2 heteroatoms. The van der Waals surface area contributed by atoms with Gasteiger partial charge >= 0.3 is 0 Å². The molecular formula is C16H18N2. The van der Waals surface area contributed by atoms with Gasteiger partial charge in [-0.15, -0.1) is 0 Å². The van der Waals surface area contributed by atoms with E-state index in [0.717, 1.165) is 23.1 Å². The molecule has 0 fully saturated rings. The van der Waals surface area contributed by atoms with E-state index in [1.54, 1.807) is 6.20 Å². The summed E-state index contributed by atoms with van der Waals surface area (Å²) in [7, 11) is 0. The van der Waals surface area contributed by atoms with Gasteiger partial charge in [-0.05, 0) is 24.5 Å². The van der Waals surface area contributed by atoms with E-state index >= 15 is 0 Å². The van der Waals surface area contributed by atoms with Gasteiger partial charge in [-0.2, -0.15) is 0 Å². The highest BCUT2D eigenvalue weighted by atomic mass is 14.8. The number of aromatic nitrogens is 2. The molecule has 0 bridgehead atoms. The van der Waals surface area contributed by atoms with Crippen LogP contribution in [0.5, 0.6) is 0 Å². The molecule has 0 N–H and O–H groups in total. The highest BCUT2D eigenvalue weighted by molar-refractivity contribution is 5.74. The second-order valence-corrected chi connectivity index (χ2v) is 4.36. The molecule has 0 spiro atoms. The van der Waals surface area contributed by atoms with Crippen molar-refractivity contribution in [3.63, 3.8) is 0 Å². The van der Waals surface area contributed by atoms with Crippen LogP contribution in [0.15, 0.2) is 30.5 Å². The summed E-state index contributed by atoms with van der Waals surface area (Å²) in [5, 5.41) is 0. The topological polar surface area (TPSA) is 25.8 Å². The summed E-state index contributed by atoms with van der Waals surface area (Å²) in [6.07, 6.45) is 7.73. The first-order chi connectivity index (χ1) is 8.90. The van der Waals surface area contributed by atoms with E-state index in [1.807, 2.05) is 24.3 Å². The number of fused-ring (bicyclic) bond motifs is 1. The summed E-state index contributed by atoms with van der Waals surface area (Å²) in [5.74, 6) is 6.26. The normalized spacial score (nSPS) is 10.1. The standard InChI is InChI=1S/C16H18N2/c1-2-3-4-5-6-7-10-14-13-17-15-11-8-9-12-16(15)18-14/h8-9,11-13H,2-6H2,1H3. The number of nitrogens with zero attached hydrogens (tertiary/aromatic N) is 2. The highest BCUT2D eigenvalue weighted by Gasteiger charge is 1.95. The van der Waals surface area contributed by atoms with Gasteiger partial charge in [0.1, 0.15) is 5.69 Å². The van der Waals surface area contributed by atoms with Crippen LogP contribution in [-0.2, 0) is 0 Å². The molecule has 18 heavy (non-hydrogen) atoms. The van der Waals surface area contributed by atoms with Crippen molar-refractivity contribution < 1.29 is 0 Å². The van der Waals surface area contributed by atoms with Crippen molar-refractivity contribution in [1.82, 2.24) is 9.97 Å². The van der Waals surface area contributed by atoms with Crippen molar-refractivity contribution in [2.45, 2.75) is 39.0 Å². The molecule has 0 aliphatic carbocycles. The minimum atomic E-state index is 0.768. The summed E-state index contributed by atoms with van der Waals surface area (Å²) < 4.78 is 0. The van der Waals surface area contributed by atoms with Crippen molar-refractivity contribution in [3.8, 4) is 11.8 Å². The SMILES string of the molecule is CCCCCCC#Cc1cnc2ccccc2n1. The van der Waals surface area contributed by atoms with Crippen LogP contribution in [0.4, 0.5) is 0 Å². The summed E-state index contributed by atoms with van der Waals surface area (Å²) in [6, 6.07) is 7.87. The summed E-state index contributed by atoms with van der Waals surface area (Å²) in [4.78, 5) is 8.82. The van der Waals surface area contributed by atoms with Gasteiger partial charge in [-0.3, -0.25) is 4.98 Å². The molecule has 92 valence electrons. The molecule has 1 heterocycles. The van der Waals surface area contributed by atoms with E-state index < -0.39 is 0 Å². The Bertz CT molecular complexity index is 564. The lowest BCUT2D eigenvalue weighted by Gasteiger charge is -1.95. The minimum Gasteiger partial charge on any atom is -0.252 e. The Kier molecular flexibility index (Phi) is 4.72. The molecule has 2 rings (SSSR count). The predicted octanol–water partition coefficient (Wildman–Crippen LogP) is 3.95. The van der Waals surface area contributed by atoms with E-state index in [2.05, 4.69) is 28.7 Å². The molecule has 0 saturated heterocycles. The van der Waals surface area contributed by atoms with Gasteiger partial charge in [-0.25, -0.2) is 4.98 Å². The van der Waals surface area contributed by atoms with E-state index in [4.69, 9.17) is 0 Å². The highest BCUT2D eigenvalue weighted by Crippen LogP contribution is 2.07. The Morgan fingerprint density at radius 1 is 1.06 bits per heavy atom. The fraction of sp³-hybridized carbons (Fsp3) is 0.375. The van der Waals surface area contributed by atoms with Crippen molar-refractivity contribution in [2.75, 3.05) is 0 Å². The van der Waals surface area contributed by atoms with Gasteiger partial charge in [-0.1, -0.05) is 44.2 Å². The Labute approximate surface area is 108 Å². The Balaban J connectivity index is 1.97.